The molecule has 43 valence electrons. The van der Waals surface area contributed by atoms with E-state index in [0.29, 0.717) is 0 Å². The Morgan fingerprint density at radius 2 is 2.12 bits per heavy atom. The number of H-pyrrole nitrogens is 1. The SMILES string of the molecule is [CH2]c1cc(C)[nH]c1C. The van der Waals surface area contributed by atoms with Gasteiger partial charge in [-0.25, -0.2) is 0 Å². The van der Waals surface area contributed by atoms with Crippen molar-refractivity contribution >= 4 is 0 Å². The molecule has 0 saturated heterocycles. The molecule has 1 N–H and O–H groups in total. The minimum atomic E-state index is 1.10. The Morgan fingerprint density at radius 3 is 2.25 bits per heavy atom. The number of hydrogen-bond acceptors (Lipinski definition) is 0. The number of hydrogen-bond donors (Lipinski definition) is 1. The fraction of sp³-hybridized carbons (Fsp3) is 0.286. The highest BCUT2D eigenvalue weighted by Crippen LogP contribution is 2.05. The molecule has 0 saturated carbocycles. The standard InChI is InChI=1S/C7H10N/c1-5-4-6(2)8-7(5)3/h4,8H,1H2,2-3H3. The molecule has 0 aliphatic rings. The summed E-state index contributed by atoms with van der Waals surface area (Å²) in [4.78, 5) is 3.14. The van der Waals surface area contributed by atoms with Gasteiger partial charge in [-0.2, -0.15) is 0 Å². The van der Waals surface area contributed by atoms with Crippen LogP contribution in [0.15, 0.2) is 6.07 Å². The molecule has 1 heteroatoms. The van der Waals surface area contributed by atoms with Gasteiger partial charge in [-0.3, -0.25) is 0 Å². The summed E-state index contributed by atoms with van der Waals surface area (Å²) in [5, 5.41) is 0. The molecule has 0 atom stereocenters. The van der Waals surface area contributed by atoms with Crippen LogP contribution in [0.5, 0.6) is 0 Å². The van der Waals surface area contributed by atoms with Crippen LogP contribution in [0.2, 0.25) is 0 Å². The van der Waals surface area contributed by atoms with E-state index in [4.69, 9.17) is 0 Å². The van der Waals surface area contributed by atoms with Crippen LogP contribution in [0.4, 0.5) is 0 Å². The van der Waals surface area contributed by atoms with Crippen molar-refractivity contribution in [2.45, 2.75) is 13.8 Å². The molecule has 1 rings (SSSR count). The van der Waals surface area contributed by atoms with Crippen LogP contribution in [-0.2, 0) is 0 Å². The van der Waals surface area contributed by atoms with Crippen LogP contribution in [0, 0.1) is 20.8 Å². The van der Waals surface area contributed by atoms with E-state index in [-0.39, 0.29) is 0 Å². The summed E-state index contributed by atoms with van der Waals surface area (Å²) in [5.74, 6) is 0. The summed E-state index contributed by atoms with van der Waals surface area (Å²) in [5.41, 5.74) is 3.46. The van der Waals surface area contributed by atoms with Crippen molar-refractivity contribution in [3.05, 3.63) is 29.9 Å². The van der Waals surface area contributed by atoms with Crippen LogP contribution < -0.4 is 0 Å². The van der Waals surface area contributed by atoms with E-state index in [1.165, 1.54) is 11.4 Å². The predicted octanol–water partition coefficient (Wildman–Crippen LogP) is 1.81. The molecule has 1 aromatic rings. The van der Waals surface area contributed by atoms with Gasteiger partial charge in [0.1, 0.15) is 0 Å². The second kappa shape index (κ2) is 1.66. The van der Waals surface area contributed by atoms with Crippen LogP contribution in [-0.4, -0.2) is 4.98 Å². The largest absolute Gasteiger partial charge is 0.362 e. The Bertz CT molecular complexity index is 167. The van der Waals surface area contributed by atoms with E-state index in [9.17, 15) is 0 Å². The van der Waals surface area contributed by atoms with Gasteiger partial charge in [0.2, 0.25) is 0 Å². The molecule has 1 heterocycles. The Morgan fingerprint density at radius 1 is 1.50 bits per heavy atom. The zero-order valence-corrected chi connectivity index (χ0v) is 5.28. The molecular weight excluding hydrogens is 98.1 g/mol. The molecule has 0 amide bonds. The van der Waals surface area contributed by atoms with Gasteiger partial charge in [0, 0.05) is 11.4 Å². The van der Waals surface area contributed by atoms with Crippen molar-refractivity contribution in [1.29, 1.82) is 0 Å². The quantitative estimate of drug-likeness (QED) is 0.521. The monoisotopic (exact) mass is 108 g/mol. The van der Waals surface area contributed by atoms with E-state index in [0.717, 1.165) is 5.56 Å². The van der Waals surface area contributed by atoms with E-state index in [1.807, 2.05) is 19.9 Å². The average Bonchev–Trinajstić information content (AvgIpc) is 1.85. The molecule has 0 fully saturated rings. The maximum absolute atomic E-state index is 3.81. The molecule has 1 aromatic heterocycles. The Labute approximate surface area is 49.7 Å². The second-order valence-electron chi connectivity index (χ2n) is 2.10. The number of nitrogens with one attached hydrogen (secondary N) is 1. The molecular formula is C7H10N. The van der Waals surface area contributed by atoms with Crippen molar-refractivity contribution in [3.8, 4) is 0 Å². The van der Waals surface area contributed by atoms with Gasteiger partial charge in [-0.1, -0.05) is 0 Å². The highest BCUT2D eigenvalue weighted by atomic mass is 14.7. The Kier molecular flexibility index (Phi) is 1.12. The summed E-state index contributed by atoms with van der Waals surface area (Å²) in [6.45, 7) is 7.86. The second-order valence-corrected chi connectivity index (χ2v) is 2.10. The highest BCUT2D eigenvalue weighted by molar-refractivity contribution is 5.26. The van der Waals surface area contributed by atoms with Crippen LogP contribution in [0.3, 0.4) is 0 Å². The molecule has 1 nitrogen and oxygen atoms in total. The smallest absolute Gasteiger partial charge is 0.0150 e. The first kappa shape index (κ1) is 5.42. The third kappa shape index (κ3) is 0.760. The zero-order valence-electron chi connectivity index (χ0n) is 5.28. The maximum Gasteiger partial charge on any atom is 0.0150 e. The third-order valence-corrected chi connectivity index (χ3v) is 1.26. The zero-order chi connectivity index (χ0) is 6.15. The normalized spacial score (nSPS) is 9.88. The first-order chi connectivity index (χ1) is 3.70. The Hall–Kier alpha value is -0.720. The average molecular weight is 108 g/mol. The van der Waals surface area contributed by atoms with Gasteiger partial charge in [0.25, 0.3) is 0 Å². The molecule has 1 radical (unpaired) electrons. The lowest BCUT2D eigenvalue weighted by Gasteiger charge is -1.82. The van der Waals surface area contributed by atoms with Crippen LogP contribution in [0.1, 0.15) is 17.0 Å². The summed E-state index contributed by atoms with van der Waals surface area (Å²) in [6, 6.07) is 2.04. The van der Waals surface area contributed by atoms with Gasteiger partial charge in [0.15, 0.2) is 0 Å². The molecule has 0 bridgehead atoms. The van der Waals surface area contributed by atoms with Gasteiger partial charge in [-0.15, -0.1) is 0 Å². The summed E-state index contributed by atoms with van der Waals surface area (Å²) >= 11 is 0. The number of aromatic nitrogens is 1. The molecule has 8 heavy (non-hydrogen) atoms. The van der Waals surface area contributed by atoms with Crippen LogP contribution in [0.25, 0.3) is 0 Å². The van der Waals surface area contributed by atoms with E-state index in [2.05, 4.69) is 11.9 Å². The number of aryl methyl sites for hydroxylation is 2. The van der Waals surface area contributed by atoms with Gasteiger partial charge in [-0.05, 0) is 32.4 Å². The minimum Gasteiger partial charge on any atom is -0.362 e. The fourth-order valence-corrected chi connectivity index (χ4v) is 0.782. The van der Waals surface area contributed by atoms with Crippen molar-refractivity contribution in [2.24, 2.45) is 0 Å². The van der Waals surface area contributed by atoms with E-state index < -0.39 is 0 Å². The van der Waals surface area contributed by atoms with Crippen molar-refractivity contribution in [1.82, 2.24) is 4.98 Å². The predicted molar refractivity (Wildman–Crippen MR) is 34.7 cm³/mol. The number of rotatable bonds is 0. The summed E-state index contributed by atoms with van der Waals surface area (Å²) in [7, 11) is 0. The topological polar surface area (TPSA) is 15.8 Å². The van der Waals surface area contributed by atoms with E-state index in [1.54, 1.807) is 0 Å². The number of aromatic amines is 1. The minimum absolute atomic E-state index is 1.10. The summed E-state index contributed by atoms with van der Waals surface area (Å²) < 4.78 is 0. The molecule has 0 spiro atoms. The van der Waals surface area contributed by atoms with Gasteiger partial charge >= 0.3 is 0 Å². The first-order valence-electron chi connectivity index (χ1n) is 2.68. The lowest BCUT2D eigenvalue weighted by atomic mass is 10.3. The van der Waals surface area contributed by atoms with Gasteiger partial charge < -0.3 is 4.98 Å². The summed E-state index contributed by atoms with van der Waals surface area (Å²) in [6.07, 6.45) is 0. The maximum atomic E-state index is 3.81. The lowest BCUT2D eigenvalue weighted by molar-refractivity contribution is 1.18. The molecule has 0 aliphatic heterocycles. The fourth-order valence-electron chi connectivity index (χ4n) is 0.782. The van der Waals surface area contributed by atoms with Crippen molar-refractivity contribution in [3.63, 3.8) is 0 Å². The first-order valence-corrected chi connectivity index (χ1v) is 2.68. The highest BCUT2D eigenvalue weighted by Gasteiger charge is 1.92. The van der Waals surface area contributed by atoms with E-state index >= 15 is 0 Å². The van der Waals surface area contributed by atoms with Crippen molar-refractivity contribution < 1.29 is 0 Å². The third-order valence-electron chi connectivity index (χ3n) is 1.26. The van der Waals surface area contributed by atoms with Crippen LogP contribution >= 0.6 is 0 Å². The molecule has 0 aromatic carbocycles. The van der Waals surface area contributed by atoms with Crippen molar-refractivity contribution in [2.75, 3.05) is 0 Å². The molecule has 0 unspecified atom stereocenters. The van der Waals surface area contributed by atoms with Gasteiger partial charge in [0.05, 0.1) is 0 Å². The Balaban J connectivity index is 3.14. The lowest BCUT2D eigenvalue weighted by Crippen LogP contribution is -1.71. The molecule has 0 aliphatic carbocycles.